The third-order valence-electron chi connectivity index (χ3n) is 2.43. The molecule has 3 nitrogen and oxygen atoms in total. The van der Waals surface area contributed by atoms with Gasteiger partial charge in [-0.05, 0) is 12.8 Å². The molecule has 0 spiro atoms. The van der Waals surface area contributed by atoms with Crippen LogP contribution in [0.3, 0.4) is 0 Å². The highest BCUT2D eigenvalue weighted by Crippen LogP contribution is 2.20. The van der Waals surface area contributed by atoms with Crippen LogP contribution in [-0.4, -0.2) is 14.5 Å². The van der Waals surface area contributed by atoms with E-state index in [9.17, 15) is 0 Å². The van der Waals surface area contributed by atoms with E-state index in [1.807, 2.05) is 18.0 Å². The maximum absolute atomic E-state index is 4.37. The molecule has 80 valence electrons. The van der Waals surface area contributed by atoms with E-state index in [1.54, 1.807) is 11.3 Å². The van der Waals surface area contributed by atoms with Crippen molar-refractivity contribution < 1.29 is 0 Å². The second-order valence-electron chi connectivity index (χ2n) is 3.97. The molecule has 2 rings (SSSR count). The van der Waals surface area contributed by atoms with Gasteiger partial charge in [-0.2, -0.15) is 0 Å². The first kappa shape index (κ1) is 10.4. The summed E-state index contributed by atoms with van der Waals surface area (Å²) in [6.45, 7) is 7.36. The van der Waals surface area contributed by atoms with Gasteiger partial charge in [-0.3, -0.25) is 4.98 Å². The molecule has 0 aliphatic carbocycles. The molecule has 4 heteroatoms. The smallest absolute Gasteiger partial charge is 0.0955 e. The molecular formula is C11H15N3S. The van der Waals surface area contributed by atoms with Crippen LogP contribution in [-0.2, 0) is 6.54 Å². The molecule has 2 aromatic rings. The van der Waals surface area contributed by atoms with E-state index >= 15 is 0 Å². The first-order valence-corrected chi connectivity index (χ1v) is 5.95. The van der Waals surface area contributed by atoms with Crippen molar-refractivity contribution in [2.45, 2.75) is 33.2 Å². The third kappa shape index (κ3) is 2.09. The highest BCUT2D eigenvalue weighted by molar-refractivity contribution is 7.09. The summed E-state index contributed by atoms with van der Waals surface area (Å²) < 4.78 is 2.22. The fraction of sp³-hybridized carbons (Fsp3) is 0.455. The Morgan fingerprint density at radius 2 is 2.27 bits per heavy atom. The van der Waals surface area contributed by atoms with Crippen LogP contribution in [0.2, 0.25) is 0 Å². The molecular weight excluding hydrogens is 206 g/mol. The molecule has 2 aromatic heterocycles. The van der Waals surface area contributed by atoms with Crippen molar-refractivity contribution >= 4 is 11.3 Å². The summed E-state index contributed by atoms with van der Waals surface area (Å²) in [5.74, 6) is 0.514. The molecule has 0 saturated heterocycles. The molecule has 0 aromatic carbocycles. The van der Waals surface area contributed by atoms with E-state index in [1.165, 1.54) is 10.6 Å². The lowest BCUT2D eigenvalue weighted by Gasteiger charge is -2.10. The lowest BCUT2D eigenvalue weighted by Crippen LogP contribution is -2.04. The van der Waals surface area contributed by atoms with Crippen LogP contribution in [0.25, 0.3) is 0 Å². The van der Waals surface area contributed by atoms with E-state index in [0.29, 0.717) is 5.92 Å². The van der Waals surface area contributed by atoms with Crippen LogP contribution in [0.5, 0.6) is 0 Å². The van der Waals surface area contributed by atoms with Gasteiger partial charge < -0.3 is 4.57 Å². The zero-order valence-corrected chi connectivity index (χ0v) is 10.1. The number of hydrogen-bond acceptors (Lipinski definition) is 3. The van der Waals surface area contributed by atoms with Gasteiger partial charge in [-0.25, -0.2) is 4.98 Å². The predicted octanol–water partition coefficient (Wildman–Crippen LogP) is 2.82. The van der Waals surface area contributed by atoms with Gasteiger partial charge in [0, 0.05) is 16.8 Å². The van der Waals surface area contributed by atoms with Crippen molar-refractivity contribution in [2.24, 2.45) is 0 Å². The maximum atomic E-state index is 4.37. The van der Waals surface area contributed by atoms with Gasteiger partial charge in [0.15, 0.2) is 0 Å². The Labute approximate surface area is 93.8 Å². The summed E-state index contributed by atoms with van der Waals surface area (Å²) in [4.78, 5) is 9.72. The Morgan fingerprint density at radius 1 is 1.47 bits per heavy atom. The fourth-order valence-electron chi connectivity index (χ4n) is 1.86. The Morgan fingerprint density at radius 3 is 2.87 bits per heavy atom. The number of hydrogen-bond donors (Lipinski definition) is 0. The van der Waals surface area contributed by atoms with E-state index in [4.69, 9.17) is 0 Å². The van der Waals surface area contributed by atoms with Crippen LogP contribution in [0.4, 0.5) is 0 Å². The highest BCUT2D eigenvalue weighted by atomic mass is 32.1. The molecule has 0 aliphatic rings. The van der Waals surface area contributed by atoms with E-state index < -0.39 is 0 Å². The monoisotopic (exact) mass is 221 g/mol. The SMILES string of the molecule is Cc1ncn(Cc2cncs2)c1C(C)C. The molecule has 2 heterocycles. The molecule has 0 atom stereocenters. The molecule has 0 amide bonds. The first-order chi connectivity index (χ1) is 7.18. The number of aromatic nitrogens is 3. The van der Waals surface area contributed by atoms with Crippen molar-refractivity contribution in [3.05, 3.63) is 34.3 Å². The summed E-state index contributed by atoms with van der Waals surface area (Å²) in [5.41, 5.74) is 4.33. The molecule has 0 radical (unpaired) electrons. The average molecular weight is 221 g/mol. The van der Waals surface area contributed by atoms with Gasteiger partial charge in [0.1, 0.15) is 0 Å². The fourth-order valence-corrected chi connectivity index (χ4v) is 2.45. The minimum atomic E-state index is 0.514. The van der Waals surface area contributed by atoms with E-state index in [-0.39, 0.29) is 0 Å². The summed E-state index contributed by atoms with van der Waals surface area (Å²) in [5, 5.41) is 0. The zero-order valence-electron chi connectivity index (χ0n) is 9.27. The van der Waals surface area contributed by atoms with Crippen LogP contribution >= 0.6 is 11.3 Å². The minimum absolute atomic E-state index is 0.514. The minimum Gasteiger partial charge on any atom is -0.329 e. The molecule has 15 heavy (non-hydrogen) atoms. The Balaban J connectivity index is 2.29. The lowest BCUT2D eigenvalue weighted by molar-refractivity contribution is 0.692. The van der Waals surface area contributed by atoms with Gasteiger partial charge in [0.05, 0.1) is 24.1 Å². The van der Waals surface area contributed by atoms with Crippen molar-refractivity contribution in [3.63, 3.8) is 0 Å². The van der Waals surface area contributed by atoms with E-state index in [2.05, 4.69) is 35.3 Å². The molecule has 0 saturated carbocycles. The van der Waals surface area contributed by atoms with E-state index in [0.717, 1.165) is 12.2 Å². The second-order valence-corrected chi connectivity index (χ2v) is 4.94. The molecule has 0 N–H and O–H groups in total. The van der Waals surface area contributed by atoms with Crippen molar-refractivity contribution in [3.8, 4) is 0 Å². The number of thiazole rings is 1. The molecule has 0 unspecified atom stereocenters. The van der Waals surface area contributed by atoms with Gasteiger partial charge in [-0.15, -0.1) is 11.3 Å². The van der Waals surface area contributed by atoms with Crippen molar-refractivity contribution in [1.29, 1.82) is 0 Å². The molecule has 0 fully saturated rings. The maximum Gasteiger partial charge on any atom is 0.0955 e. The normalized spacial score (nSPS) is 11.2. The largest absolute Gasteiger partial charge is 0.329 e. The highest BCUT2D eigenvalue weighted by Gasteiger charge is 2.11. The summed E-state index contributed by atoms with van der Waals surface area (Å²) in [6, 6.07) is 0. The average Bonchev–Trinajstić information content (AvgIpc) is 2.76. The van der Waals surface area contributed by atoms with Gasteiger partial charge >= 0.3 is 0 Å². The quantitative estimate of drug-likeness (QED) is 0.798. The topological polar surface area (TPSA) is 30.7 Å². The second kappa shape index (κ2) is 4.14. The first-order valence-electron chi connectivity index (χ1n) is 5.07. The van der Waals surface area contributed by atoms with Crippen molar-refractivity contribution in [2.75, 3.05) is 0 Å². The Bertz CT molecular complexity index is 429. The standard InChI is InChI=1S/C11H15N3S/c1-8(2)11-9(3)13-6-14(11)5-10-4-12-7-15-10/h4,6-8H,5H2,1-3H3. The number of nitrogens with zero attached hydrogens (tertiary/aromatic N) is 3. The third-order valence-corrected chi connectivity index (χ3v) is 3.19. The van der Waals surface area contributed by atoms with Crippen LogP contribution < -0.4 is 0 Å². The van der Waals surface area contributed by atoms with Gasteiger partial charge in [0.2, 0.25) is 0 Å². The molecule has 0 bridgehead atoms. The van der Waals surface area contributed by atoms with Gasteiger partial charge in [-0.1, -0.05) is 13.8 Å². The van der Waals surface area contributed by atoms with Crippen LogP contribution in [0.15, 0.2) is 18.0 Å². The number of imidazole rings is 1. The lowest BCUT2D eigenvalue weighted by atomic mass is 10.1. The summed E-state index contributed by atoms with van der Waals surface area (Å²) in [6.07, 6.45) is 3.84. The Hall–Kier alpha value is -1.16. The number of aryl methyl sites for hydroxylation is 1. The van der Waals surface area contributed by atoms with Crippen molar-refractivity contribution in [1.82, 2.24) is 14.5 Å². The van der Waals surface area contributed by atoms with Gasteiger partial charge in [0.25, 0.3) is 0 Å². The van der Waals surface area contributed by atoms with Crippen LogP contribution in [0, 0.1) is 6.92 Å². The predicted molar refractivity (Wildman–Crippen MR) is 62.3 cm³/mol. The number of rotatable bonds is 3. The Kier molecular flexibility index (Phi) is 2.86. The summed E-state index contributed by atoms with van der Waals surface area (Å²) >= 11 is 1.69. The molecule has 0 aliphatic heterocycles. The van der Waals surface area contributed by atoms with Crippen LogP contribution in [0.1, 0.15) is 36.0 Å². The summed E-state index contributed by atoms with van der Waals surface area (Å²) in [7, 11) is 0. The zero-order chi connectivity index (χ0) is 10.8.